The topological polar surface area (TPSA) is 133 Å². The zero-order valence-corrected chi connectivity index (χ0v) is 28.6. The van der Waals surface area contributed by atoms with E-state index in [2.05, 4.69) is 25.8 Å². The summed E-state index contributed by atoms with van der Waals surface area (Å²) < 4.78 is 51.3. The van der Waals surface area contributed by atoms with Crippen molar-refractivity contribution in [2.75, 3.05) is 45.7 Å². The van der Waals surface area contributed by atoms with Gasteiger partial charge in [-0.1, -0.05) is 38.7 Å². The van der Waals surface area contributed by atoms with E-state index < -0.39 is 53.0 Å². The third-order valence-corrected chi connectivity index (χ3v) is 9.43. The number of anilines is 1. The molecule has 49 heavy (non-hydrogen) atoms. The fraction of sp³-hybridized carbons (Fsp3) is 0.571. The average molecular weight is 689 g/mol. The predicted molar refractivity (Wildman–Crippen MR) is 178 cm³/mol. The van der Waals surface area contributed by atoms with Crippen LogP contribution in [0.4, 0.5) is 18.9 Å². The fourth-order valence-electron chi connectivity index (χ4n) is 6.44. The number of amides is 4. The molecule has 0 radical (unpaired) electrons. The van der Waals surface area contributed by atoms with Crippen LogP contribution in [-0.4, -0.2) is 90.8 Å². The molecule has 2 heterocycles. The van der Waals surface area contributed by atoms with Gasteiger partial charge in [-0.25, -0.2) is 9.37 Å². The van der Waals surface area contributed by atoms with E-state index >= 15 is 13.2 Å². The van der Waals surface area contributed by atoms with E-state index in [0.29, 0.717) is 44.6 Å². The maximum atomic E-state index is 15.8. The van der Waals surface area contributed by atoms with Crippen LogP contribution in [0.15, 0.2) is 36.5 Å². The first-order valence-corrected chi connectivity index (χ1v) is 16.9. The highest BCUT2D eigenvalue weighted by Gasteiger charge is 2.44. The molecule has 1 saturated carbocycles. The first-order valence-electron chi connectivity index (χ1n) is 16.9. The van der Waals surface area contributed by atoms with Crippen molar-refractivity contribution in [2.45, 2.75) is 82.7 Å². The number of alkyl halides is 2. The quantitative estimate of drug-likeness (QED) is 0.285. The Morgan fingerprint density at radius 3 is 2.24 bits per heavy atom. The Morgan fingerprint density at radius 1 is 1.00 bits per heavy atom. The van der Waals surface area contributed by atoms with Crippen molar-refractivity contribution in [3.05, 3.63) is 53.5 Å². The summed E-state index contributed by atoms with van der Waals surface area (Å²) in [6, 6.07) is 4.18. The number of benzene rings is 1. The van der Waals surface area contributed by atoms with Crippen molar-refractivity contribution < 1.29 is 37.1 Å². The van der Waals surface area contributed by atoms with Gasteiger partial charge in [-0.15, -0.1) is 0 Å². The van der Waals surface area contributed by atoms with Crippen LogP contribution in [0.25, 0.3) is 0 Å². The molecule has 1 aromatic heterocycles. The summed E-state index contributed by atoms with van der Waals surface area (Å²) in [5.41, 5.74) is -0.592. The number of nitrogens with zero attached hydrogens (tertiary/aromatic N) is 3. The average Bonchev–Trinajstić information content (AvgIpc) is 3.38. The number of likely N-dealkylation sites (N-methyl/N-ethyl adjacent to an activating group) is 1. The van der Waals surface area contributed by atoms with Crippen LogP contribution in [0.5, 0.6) is 5.88 Å². The van der Waals surface area contributed by atoms with Crippen LogP contribution in [0.1, 0.15) is 75.8 Å². The van der Waals surface area contributed by atoms with Gasteiger partial charge in [0.1, 0.15) is 11.9 Å². The fourth-order valence-corrected chi connectivity index (χ4v) is 6.44. The number of ether oxygens (including phenoxy) is 1. The Morgan fingerprint density at radius 2 is 1.67 bits per heavy atom. The van der Waals surface area contributed by atoms with Gasteiger partial charge in [0.05, 0.1) is 18.7 Å². The summed E-state index contributed by atoms with van der Waals surface area (Å²) in [6.45, 7) is 5.71. The molecule has 2 aromatic rings. The van der Waals surface area contributed by atoms with Crippen LogP contribution in [0.2, 0.25) is 0 Å². The minimum absolute atomic E-state index is 0.0962. The molecular weight excluding hydrogens is 641 g/mol. The van der Waals surface area contributed by atoms with Crippen molar-refractivity contribution >= 4 is 29.3 Å². The molecule has 14 heteroatoms. The smallest absolute Gasteiger partial charge is 0.351 e. The van der Waals surface area contributed by atoms with Crippen molar-refractivity contribution in [2.24, 2.45) is 5.92 Å². The second kappa shape index (κ2) is 17.0. The molecule has 1 saturated heterocycles. The zero-order valence-electron chi connectivity index (χ0n) is 28.6. The summed E-state index contributed by atoms with van der Waals surface area (Å²) in [5, 5.41) is 7.60. The summed E-state index contributed by atoms with van der Waals surface area (Å²) in [5.74, 6) is -9.12. The van der Waals surface area contributed by atoms with Gasteiger partial charge in [0.15, 0.2) is 0 Å². The third kappa shape index (κ3) is 9.49. The number of carbonyl (C=O) groups excluding carboxylic acids is 4. The van der Waals surface area contributed by atoms with E-state index in [1.54, 1.807) is 18.7 Å². The lowest BCUT2D eigenvalue weighted by Gasteiger charge is -2.36. The van der Waals surface area contributed by atoms with Gasteiger partial charge in [-0.05, 0) is 56.5 Å². The molecule has 1 aromatic carbocycles. The second-order valence-corrected chi connectivity index (χ2v) is 12.9. The molecule has 2 aliphatic rings. The maximum absolute atomic E-state index is 15.8. The largest absolute Gasteiger partial charge is 0.481 e. The van der Waals surface area contributed by atoms with Gasteiger partial charge in [0.25, 0.3) is 5.91 Å². The second-order valence-electron chi connectivity index (χ2n) is 12.9. The molecule has 1 aliphatic carbocycles. The number of pyridine rings is 1. The Kier molecular flexibility index (Phi) is 13.0. The first kappa shape index (κ1) is 37.6. The molecule has 268 valence electrons. The van der Waals surface area contributed by atoms with Gasteiger partial charge in [0, 0.05) is 56.5 Å². The van der Waals surface area contributed by atoms with Gasteiger partial charge >= 0.3 is 5.92 Å². The minimum Gasteiger partial charge on any atom is -0.481 e. The van der Waals surface area contributed by atoms with E-state index in [9.17, 15) is 19.2 Å². The van der Waals surface area contributed by atoms with Crippen LogP contribution >= 0.6 is 0 Å². The predicted octanol–water partition coefficient (Wildman–Crippen LogP) is 4.19. The van der Waals surface area contributed by atoms with Crippen molar-refractivity contribution in [3.63, 3.8) is 0 Å². The number of methoxy groups -OCH3 is 1. The van der Waals surface area contributed by atoms with E-state index in [4.69, 9.17) is 4.74 Å². The molecule has 4 rings (SSSR count). The molecule has 11 nitrogen and oxygen atoms in total. The highest BCUT2D eigenvalue weighted by atomic mass is 19.3. The van der Waals surface area contributed by atoms with Crippen molar-refractivity contribution in [3.8, 4) is 5.88 Å². The molecule has 1 aliphatic heterocycles. The molecule has 0 bridgehead atoms. The number of hydrogen-bond donors (Lipinski definition) is 3. The lowest BCUT2D eigenvalue weighted by Crippen LogP contribution is -2.52. The van der Waals surface area contributed by atoms with Crippen LogP contribution in [0, 0.1) is 11.7 Å². The number of rotatable bonds is 12. The Hall–Kier alpha value is -4.20. The van der Waals surface area contributed by atoms with Gasteiger partial charge in [-0.2, -0.15) is 8.78 Å². The number of nitrogens with one attached hydrogen (secondary N) is 3. The molecular formula is C35H47F3N6O5. The Labute approximate surface area is 285 Å². The zero-order chi connectivity index (χ0) is 35.7. The molecule has 0 spiro atoms. The highest BCUT2D eigenvalue weighted by Crippen LogP contribution is 2.32. The standard InChI is InChI=1S/C35H47F3N6O5/c1-5-28(45)40-22(2)30(33(47)44-18-16-43(3)17-19-44)24-12-14-27(26(36)20-24)41-32(46)31(23-10-8-6-7-9-11-23)42-34(48)35(37,38)25-13-15-29(49-4)39-21-25/h12-15,20-23,30-31H,5-11,16-19H2,1-4H3,(H,40,45)(H,41,46)(H,42,48)/t22-,30-,31+/m1/s1. The van der Waals surface area contributed by atoms with E-state index in [1.165, 1.54) is 25.3 Å². The number of carbonyl (C=O) groups is 4. The van der Waals surface area contributed by atoms with E-state index in [0.717, 1.165) is 44.0 Å². The number of aromatic nitrogens is 1. The normalized spacial score (nSPS) is 18.1. The van der Waals surface area contributed by atoms with Crippen LogP contribution in [-0.2, 0) is 25.1 Å². The monoisotopic (exact) mass is 688 g/mol. The maximum Gasteiger partial charge on any atom is 0.351 e. The third-order valence-electron chi connectivity index (χ3n) is 9.43. The summed E-state index contributed by atoms with van der Waals surface area (Å²) in [4.78, 5) is 60.3. The van der Waals surface area contributed by atoms with Crippen LogP contribution < -0.4 is 20.7 Å². The Bertz CT molecular complexity index is 1460. The summed E-state index contributed by atoms with van der Waals surface area (Å²) in [6.07, 6.45) is 5.41. The summed E-state index contributed by atoms with van der Waals surface area (Å²) >= 11 is 0. The summed E-state index contributed by atoms with van der Waals surface area (Å²) in [7, 11) is 3.29. The van der Waals surface area contributed by atoms with Gasteiger partial charge in [-0.3, -0.25) is 19.2 Å². The molecule has 3 N–H and O–H groups in total. The number of hydrogen-bond acceptors (Lipinski definition) is 7. The van der Waals surface area contributed by atoms with Gasteiger partial charge < -0.3 is 30.5 Å². The molecule has 4 amide bonds. The first-order chi connectivity index (χ1) is 23.3. The minimum atomic E-state index is -4.01. The SMILES string of the molecule is CCC(=O)N[C@H](C)[C@@H](C(=O)N1CCN(C)CC1)c1ccc(NC(=O)[C@@H](NC(=O)C(F)(F)c2ccc(OC)nc2)C2CCCCCC2)c(F)c1. The molecule has 3 atom stereocenters. The van der Waals surface area contributed by atoms with Crippen molar-refractivity contribution in [1.29, 1.82) is 0 Å². The Balaban J connectivity index is 1.57. The number of halogens is 3. The number of piperazine rings is 1. The molecule has 0 unspecified atom stereocenters. The highest BCUT2D eigenvalue weighted by molar-refractivity contribution is 5.98. The lowest BCUT2D eigenvalue weighted by molar-refractivity contribution is -0.149. The van der Waals surface area contributed by atoms with Crippen molar-refractivity contribution in [1.82, 2.24) is 25.4 Å². The molecule has 2 fully saturated rings. The van der Waals surface area contributed by atoms with E-state index in [-0.39, 0.29) is 29.8 Å². The van der Waals surface area contributed by atoms with E-state index in [1.807, 2.05) is 7.05 Å². The van der Waals surface area contributed by atoms with Crippen LogP contribution in [0.3, 0.4) is 0 Å². The lowest BCUT2D eigenvalue weighted by atomic mass is 9.89. The van der Waals surface area contributed by atoms with Gasteiger partial charge in [0.2, 0.25) is 23.6 Å².